The highest BCUT2D eigenvalue weighted by Gasteiger charge is 2.37. The third-order valence-corrected chi connectivity index (χ3v) is 4.57. The van der Waals surface area contributed by atoms with Crippen molar-refractivity contribution in [2.24, 2.45) is 11.3 Å². The first-order chi connectivity index (χ1) is 11.2. The van der Waals surface area contributed by atoms with Gasteiger partial charge in [0.2, 0.25) is 5.91 Å². The molecule has 124 valence electrons. The molecule has 3 N–H and O–H groups in total. The number of ether oxygens (including phenoxy) is 1. The highest BCUT2D eigenvalue weighted by molar-refractivity contribution is 5.94. The van der Waals surface area contributed by atoms with Crippen LogP contribution in [-0.2, 0) is 9.53 Å². The quantitative estimate of drug-likeness (QED) is 0.676. The Labute approximate surface area is 136 Å². The van der Waals surface area contributed by atoms with E-state index in [9.17, 15) is 9.90 Å². The molecule has 0 radical (unpaired) electrons. The van der Waals surface area contributed by atoms with Gasteiger partial charge in [0.1, 0.15) is 0 Å². The van der Waals surface area contributed by atoms with Gasteiger partial charge in [-0.25, -0.2) is 0 Å². The highest BCUT2D eigenvalue weighted by atomic mass is 16.5. The number of carbonyl (C=O) groups is 1. The van der Waals surface area contributed by atoms with Gasteiger partial charge in [-0.3, -0.25) is 4.79 Å². The zero-order valence-electron chi connectivity index (χ0n) is 13.3. The van der Waals surface area contributed by atoms with Gasteiger partial charge in [-0.05, 0) is 30.9 Å². The molecule has 1 heterocycles. The molecule has 0 spiro atoms. The van der Waals surface area contributed by atoms with Gasteiger partial charge in [-0.15, -0.1) is 0 Å². The van der Waals surface area contributed by atoms with E-state index in [0.717, 1.165) is 24.2 Å². The molecule has 1 atom stereocenters. The standard InChI is InChI=1S/C18H24N2O3/c21-11-18(12-23-13-18)10-19-15-7-3-4-8-16(15)20-17(22)9-14-5-1-2-6-14/h1,3-5,7-8,14,19,21H,2,6,9-13H2,(H,20,22). The number of hydrogen-bond donors (Lipinski definition) is 3. The SMILES string of the molecule is O=C(CC1C=CCC1)Nc1ccccc1NCC1(CO)COC1. The lowest BCUT2D eigenvalue weighted by molar-refractivity contribution is -0.128. The van der Waals surface area contributed by atoms with Gasteiger partial charge in [0, 0.05) is 13.0 Å². The molecule has 1 saturated heterocycles. The Bertz CT molecular complexity index is 576. The molecular weight excluding hydrogens is 292 g/mol. The third-order valence-electron chi connectivity index (χ3n) is 4.57. The fourth-order valence-electron chi connectivity index (χ4n) is 2.97. The lowest BCUT2D eigenvalue weighted by atomic mass is 9.87. The fraction of sp³-hybridized carbons (Fsp3) is 0.500. The second kappa shape index (κ2) is 7.15. The van der Waals surface area contributed by atoms with Gasteiger partial charge < -0.3 is 20.5 Å². The molecular formula is C18H24N2O3. The molecule has 0 aromatic heterocycles. The van der Waals surface area contributed by atoms with Crippen LogP contribution in [0.1, 0.15) is 19.3 Å². The normalized spacial score (nSPS) is 21.7. The molecule has 2 aliphatic rings. The molecule has 0 bridgehead atoms. The summed E-state index contributed by atoms with van der Waals surface area (Å²) in [6, 6.07) is 7.68. The molecule has 1 unspecified atom stereocenters. The first-order valence-electron chi connectivity index (χ1n) is 8.19. The minimum Gasteiger partial charge on any atom is -0.396 e. The van der Waals surface area contributed by atoms with Crippen LogP contribution in [0.15, 0.2) is 36.4 Å². The van der Waals surface area contributed by atoms with Crippen molar-refractivity contribution in [1.82, 2.24) is 0 Å². The number of rotatable bonds is 7. The number of carbonyl (C=O) groups excluding carboxylic acids is 1. The molecule has 23 heavy (non-hydrogen) atoms. The fourth-order valence-corrected chi connectivity index (χ4v) is 2.97. The van der Waals surface area contributed by atoms with Gasteiger partial charge in [0.15, 0.2) is 0 Å². The van der Waals surface area contributed by atoms with Crippen molar-refractivity contribution in [3.63, 3.8) is 0 Å². The van der Waals surface area contributed by atoms with Gasteiger partial charge in [-0.1, -0.05) is 24.3 Å². The number of aliphatic hydroxyl groups excluding tert-OH is 1. The summed E-state index contributed by atoms with van der Waals surface area (Å²) >= 11 is 0. The van der Waals surface area contributed by atoms with E-state index in [0.29, 0.717) is 32.1 Å². The molecule has 5 heteroatoms. The number of hydrogen-bond acceptors (Lipinski definition) is 4. The second-order valence-corrected chi connectivity index (χ2v) is 6.57. The predicted octanol–water partition coefficient (Wildman–Crippen LogP) is 2.40. The van der Waals surface area contributed by atoms with Crippen molar-refractivity contribution in [2.75, 3.05) is 37.0 Å². The molecule has 1 fully saturated rings. The summed E-state index contributed by atoms with van der Waals surface area (Å²) in [5.41, 5.74) is 1.46. The number of anilines is 2. The first-order valence-corrected chi connectivity index (χ1v) is 8.19. The van der Waals surface area contributed by atoms with Gasteiger partial charge in [0.25, 0.3) is 0 Å². The first kappa shape index (κ1) is 16.0. The number of allylic oxidation sites excluding steroid dienone is 2. The van der Waals surface area contributed by atoms with Crippen LogP contribution in [0.4, 0.5) is 11.4 Å². The maximum absolute atomic E-state index is 12.2. The zero-order valence-corrected chi connectivity index (χ0v) is 13.3. The van der Waals surface area contributed by atoms with E-state index in [1.807, 2.05) is 24.3 Å². The van der Waals surface area contributed by atoms with E-state index in [4.69, 9.17) is 4.74 Å². The number of benzene rings is 1. The molecule has 5 nitrogen and oxygen atoms in total. The summed E-state index contributed by atoms with van der Waals surface area (Å²) in [6.45, 7) is 1.86. The van der Waals surface area contributed by atoms with Gasteiger partial charge >= 0.3 is 0 Å². The molecule has 0 saturated carbocycles. The Morgan fingerprint density at radius 3 is 2.70 bits per heavy atom. The monoisotopic (exact) mass is 316 g/mol. The maximum Gasteiger partial charge on any atom is 0.225 e. The second-order valence-electron chi connectivity index (χ2n) is 6.57. The average molecular weight is 316 g/mol. The molecule has 1 aromatic rings. The Hall–Kier alpha value is -1.85. The van der Waals surface area contributed by atoms with Crippen molar-refractivity contribution in [3.05, 3.63) is 36.4 Å². The van der Waals surface area contributed by atoms with Crippen LogP contribution in [0.3, 0.4) is 0 Å². The van der Waals surface area contributed by atoms with Gasteiger partial charge in [0.05, 0.1) is 36.6 Å². The lowest BCUT2D eigenvalue weighted by Gasteiger charge is -2.40. The average Bonchev–Trinajstić information content (AvgIpc) is 3.01. The summed E-state index contributed by atoms with van der Waals surface area (Å²) in [7, 11) is 0. The van der Waals surface area contributed by atoms with E-state index in [1.165, 1.54) is 0 Å². The lowest BCUT2D eigenvalue weighted by Crippen LogP contribution is -2.50. The molecule has 3 rings (SSSR count). The van der Waals surface area contributed by atoms with Crippen molar-refractivity contribution >= 4 is 17.3 Å². The predicted molar refractivity (Wildman–Crippen MR) is 90.4 cm³/mol. The van der Waals surface area contributed by atoms with Gasteiger partial charge in [-0.2, -0.15) is 0 Å². The Morgan fingerprint density at radius 2 is 2.09 bits per heavy atom. The van der Waals surface area contributed by atoms with Crippen molar-refractivity contribution < 1.29 is 14.6 Å². The van der Waals surface area contributed by atoms with Crippen molar-refractivity contribution in [1.29, 1.82) is 0 Å². The smallest absolute Gasteiger partial charge is 0.225 e. The van der Waals surface area contributed by atoms with E-state index in [1.54, 1.807) is 0 Å². The van der Waals surface area contributed by atoms with Crippen LogP contribution in [0, 0.1) is 11.3 Å². The number of para-hydroxylation sites is 2. The largest absolute Gasteiger partial charge is 0.396 e. The number of nitrogens with one attached hydrogen (secondary N) is 2. The summed E-state index contributed by atoms with van der Waals surface area (Å²) in [4.78, 5) is 12.2. The van der Waals surface area contributed by atoms with Crippen molar-refractivity contribution in [3.8, 4) is 0 Å². The van der Waals surface area contributed by atoms with Crippen LogP contribution in [-0.4, -0.2) is 37.4 Å². The van der Waals surface area contributed by atoms with Crippen LogP contribution >= 0.6 is 0 Å². The van der Waals surface area contributed by atoms with Crippen molar-refractivity contribution in [2.45, 2.75) is 19.3 Å². The van der Waals surface area contributed by atoms with Crippen LogP contribution < -0.4 is 10.6 Å². The molecule has 1 aliphatic heterocycles. The Morgan fingerprint density at radius 1 is 1.30 bits per heavy atom. The Kier molecular flexibility index (Phi) is 4.98. The molecule has 1 aromatic carbocycles. The minimum absolute atomic E-state index is 0.0413. The number of amides is 1. The number of aliphatic hydroxyl groups is 1. The van der Waals surface area contributed by atoms with E-state index < -0.39 is 0 Å². The van der Waals surface area contributed by atoms with E-state index >= 15 is 0 Å². The van der Waals surface area contributed by atoms with Crippen LogP contribution in [0.5, 0.6) is 0 Å². The summed E-state index contributed by atoms with van der Waals surface area (Å²) in [6.07, 6.45) is 6.93. The van der Waals surface area contributed by atoms with Crippen LogP contribution in [0.25, 0.3) is 0 Å². The Balaban J connectivity index is 1.58. The summed E-state index contributed by atoms with van der Waals surface area (Å²) in [5.74, 6) is 0.402. The third kappa shape index (κ3) is 3.92. The van der Waals surface area contributed by atoms with E-state index in [-0.39, 0.29) is 17.9 Å². The molecule has 1 amide bonds. The van der Waals surface area contributed by atoms with E-state index in [2.05, 4.69) is 22.8 Å². The molecule has 1 aliphatic carbocycles. The summed E-state index contributed by atoms with van der Waals surface area (Å²) < 4.78 is 5.21. The minimum atomic E-state index is -0.203. The topological polar surface area (TPSA) is 70.6 Å². The summed E-state index contributed by atoms with van der Waals surface area (Å²) in [5, 5.41) is 15.8. The zero-order chi connectivity index (χ0) is 16.1. The van der Waals surface area contributed by atoms with Crippen LogP contribution in [0.2, 0.25) is 0 Å². The maximum atomic E-state index is 12.2. The highest BCUT2D eigenvalue weighted by Crippen LogP contribution is 2.29.